The molecule has 0 aliphatic heterocycles. The summed E-state index contributed by atoms with van der Waals surface area (Å²) in [4.78, 5) is 0. The second kappa shape index (κ2) is 4.09. The maximum absolute atomic E-state index is 9.26. The smallest absolute Gasteiger partial charge is 0.0704 e. The molecular formula is C9H13BrN2O. The van der Waals surface area contributed by atoms with Crippen LogP contribution in [0.3, 0.4) is 0 Å². The third kappa shape index (κ3) is 2.43. The van der Waals surface area contributed by atoms with Crippen molar-refractivity contribution in [2.75, 3.05) is 5.73 Å². The molecule has 1 unspecified atom stereocenters. The Morgan fingerprint density at radius 1 is 1.46 bits per heavy atom. The van der Waals surface area contributed by atoms with Gasteiger partial charge >= 0.3 is 0 Å². The fourth-order valence-electron chi connectivity index (χ4n) is 1.03. The van der Waals surface area contributed by atoms with Crippen LogP contribution in [0.15, 0.2) is 22.7 Å². The molecule has 0 saturated carbocycles. The highest BCUT2D eigenvalue weighted by Crippen LogP contribution is 2.24. The maximum atomic E-state index is 9.26. The van der Waals surface area contributed by atoms with Gasteiger partial charge < -0.3 is 16.6 Å². The lowest BCUT2D eigenvalue weighted by atomic mass is 10.0. The van der Waals surface area contributed by atoms with E-state index in [0.717, 1.165) is 10.0 Å². The van der Waals surface area contributed by atoms with Crippen molar-refractivity contribution in [3.63, 3.8) is 0 Å². The van der Waals surface area contributed by atoms with Gasteiger partial charge in [-0.1, -0.05) is 6.07 Å². The van der Waals surface area contributed by atoms with E-state index >= 15 is 0 Å². The molecule has 0 spiro atoms. The molecule has 5 N–H and O–H groups in total. The molecule has 0 amide bonds. The predicted molar refractivity (Wildman–Crippen MR) is 57.2 cm³/mol. The van der Waals surface area contributed by atoms with Crippen molar-refractivity contribution in [1.29, 1.82) is 0 Å². The fourth-order valence-corrected chi connectivity index (χ4v) is 1.43. The van der Waals surface area contributed by atoms with Crippen molar-refractivity contribution in [1.82, 2.24) is 0 Å². The Hall–Kier alpha value is -0.580. The predicted octanol–water partition coefficient (Wildman–Crippen LogP) is 1.41. The van der Waals surface area contributed by atoms with E-state index < -0.39 is 6.10 Å². The van der Waals surface area contributed by atoms with Crippen molar-refractivity contribution >= 4 is 21.6 Å². The number of hydrogen-bond acceptors (Lipinski definition) is 3. The summed E-state index contributed by atoms with van der Waals surface area (Å²) in [5.41, 5.74) is 12.9. The molecule has 0 radical (unpaired) electrons. The first-order chi connectivity index (χ1) is 6.02. The first-order valence-corrected chi connectivity index (χ1v) is 4.80. The topological polar surface area (TPSA) is 72.3 Å². The highest BCUT2D eigenvalue weighted by Gasteiger charge is 2.12. The molecule has 1 aromatic carbocycles. The minimum Gasteiger partial charge on any atom is -0.398 e. The minimum atomic E-state index is -0.560. The van der Waals surface area contributed by atoms with Crippen molar-refractivity contribution < 1.29 is 5.11 Å². The van der Waals surface area contributed by atoms with E-state index in [1.165, 1.54) is 0 Å². The summed E-state index contributed by atoms with van der Waals surface area (Å²) in [6.45, 7) is 1.66. The Labute approximate surface area is 85.9 Å². The van der Waals surface area contributed by atoms with Crippen molar-refractivity contribution in [3.8, 4) is 0 Å². The van der Waals surface area contributed by atoms with Gasteiger partial charge in [0, 0.05) is 10.2 Å². The number of hydrogen-bond donors (Lipinski definition) is 3. The molecule has 1 rings (SSSR count). The van der Waals surface area contributed by atoms with Gasteiger partial charge in [0.1, 0.15) is 0 Å². The largest absolute Gasteiger partial charge is 0.398 e. The average molecular weight is 245 g/mol. The van der Waals surface area contributed by atoms with Gasteiger partial charge in [-0.05, 0) is 40.5 Å². The molecule has 72 valence electrons. The molecular weight excluding hydrogens is 232 g/mol. The van der Waals surface area contributed by atoms with Crippen LogP contribution in [0.4, 0.5) is 5.69 Å². The summed E-state index contributed by atoms with van der Waals surface area (Å²) in [6, 6.07) is 5.04. The monoisotopic (exact) mass is 244 g/mol. The highest BCUT2D eigenvalue weighted by molar-refractivity contribution is 9.10. The van der Waals surface area contributed by atoms with Gasteiger partial charge in [-0.3, -0.25) is 0 Å². The van der Waals surface area contributed by atoms with Crippen LogP contribution in [0.2, 0.25) is 0 Å². The summed E-state index contributed by atoms with van der Waals surface area (Å²) in [7, 11) is 0. The Balaban J connectivity index is 2.97. The molecule has 4 heteroatoms. The van der Waals surface area contributed by atoms with Gasteiger partial charge in [0.2, 0.25) is 0 Å². The lowest BCUT2D eigenvalue weighted by molar-refractivity contribution is 0.164. The van der Waals surface area contributed by atoms with Gasteiger partial charge in [-0.2, -0.15) is 0 Å². The van der Waals surface area contributed by atoms with E-state index in [-0.39, 0.29) is 6.04 Å². The third-order valence-electron chi connectivity index (χ3n) is 1.93. The molecule has 0 saturated heterocycles. The van der Waals surface area contributed by atoms with E-state index in [9.17, 15) is 5.11 Å². The van der Waals surface area contributed by atoms with Crippen LogP contribution in [-0.4, -0.2) is 11.2 Å². The second-order valence-electron chi connectivity index (χ2n) is 3.05. The van der Waals surface area contributed by atoms with E-state index in [1.54, 1.807) is 13.0 Å². The van der Waals surface area contributed by atoms with Crippen LogP contribution < -0.4 is 11.5 Å². The third-order valence-corrected chi connectivity index (χ3v) is 2.62. The van der Waals surface area contributed by atoms with Gasteiger partial charge in [0.05, 0.1) is 12.1 Å². The molecule has 3 nitrogen and oxygen atoms in total. The standard InChI is InChI=1S/C9H13BrN2O/c1-5(13)9(12)6-2-3-8(11)7(10)4-6/h2-5,9,13H,11-12H2,1H3/t5?,9-/m0/s1. The lowest BCUT2D eigenvalue weighted by Crippen LogP contribution is -2.23. The molecule has 2 atom stereocenters. The number of nitrogens with two attached hydrogens (primary N) is 2. The summed E-state index contributed by atoms with van der Waals surface area (Å²) in [5.74, 6) is 0. The molecule has 0 aliphatic carbocycles. The van der Waals surface area contributed by atoms with Crippen LogP contribution in [-0.2, 0) is 0 Å². The van der Waals surface area contributed by atoms with E-state index in [0.29, 0.717) is 5.69 Å². The molecule has 13 heavy (non-hydrogen) atoms. The van der Waals surface area contributed by atoms with Crippen LogP contribution in [0.25, 0.3) is 0 Å². The lowest BCUT2D eigenvalue weighted by Gasteiger charge is -2.15. The highest BCUT2D eigenvalue weighted by atomic mass is 79.9. The maximum Gasteiger partial charge on any atom is 0.0704 e. The molecule has 0 heterocycles. The number of nitrogen functional groups attached to an aromatic ring is 1. The SMILES string of the molecule is CC(O)[C@H](N)c1ccc(N)c(Br)c1. The average Bonchev–Trinajstić information content (AvgIpc) is 2.08. The zero-order valence-corrected chi connectivity index (χ0v) is 8.95. The summed E-state index contributed by atoms with van der Waals surface area (Å²) in [5, 5.41) is 9.26. The second-order valence-corrected chi connectivity index (χ2v) is 3.90. The van der Waals surface area contributed by atoms with E-state index in [2.05, 4.69) is 15.9 Å². The first kappa shape index (κ1) is 10.5. The normalized spacial score (nSPS) is 15.4. The van der Waals surface area contributed by atoms with E-state index in [1.807, 2.05) is 12.1 Å². The molecule has 0 aliphatic rings. The van der Waals surface area contributed by atoms with Gasteiger partial charge in [0.15, 0.2) is 0 Å². The number of benzene rings is 1. The van der Waals surface area contributed by atoms with Gasteiger partial charge in [0.25, 0.3) is 0 Å². The van der Waals surface area contributed by atoms with E-state index in [4.69, 9.17) is 11.5 Å². The molecule has 0 fully saturated rings. The van der Waals surface area contributed by atoms with Crippen LogP contribution in [0, 0.1) is 0 Å². The molecule has 0 aromatic heterocycles. The quantitative estimate of drug-likeness (QED) is 0.690. The Morgan fingerprint density at radius 2 is 2.08 bits per heavy atom. The van der Waals surface area contributed by atoms with Crippen molar-refractivity contribution in [2.45, 2.75) is 19.1 Å². The first-order valence-electron chi connectivity index (χ1n) is 4.01. The molecule has 1 aromatic rings. The van der Waals surface area contributed by atoms with Gasteiger partial charge in [-0.15, -0.1) is 0 Å². The zero-order chi connectivity index (χ0) is 10.0. The zero-order valence-electron chi connectivity index (χ0n) is 7.37. The Kier molecular flexibility index (Phi) is 3.30. The van der Waals surface area contributed by atoms with Crippen LogP contribution >= 0.6 is 15.9 Å². The van der Waals surface area contributed by atoms with Crippen molar-refractivity contribution in [2.24, 2.45) is 5.73 Å². The number of halogens is 1. The fraction of sp³-hybridized carbons (Fsp3) is 0.333. The molecule has 0 bridgehead atoms. The summed E-state index contributed by atoms with van der Waals surface area (Å²) < 4.78 is 0.807. The summed E-state index contributed by atoms with van der Waals surface area (Å²) >= 11 is 3.30. The van der Waals surface area contributed by atoms with Crippen LogP contribution in [0.1, 0.15) is 18.5 Å². The van der Waals surface area contributed by atoms with Gasteiger partial charge in [-0.25, -0.2) is 0 Å². The van der Waals surface area contributed by atoms with Crippen LogP contribution in [0.5, 0.6) is 0 Å². The minimum absolute atomic E-state index is 0.364. The van der Waals surface area contributed by atoms with Crippen molar-refractivity contribution in [3.05, 3.63) is 28.2 Å². The summed E-state index contributed by atoms with van der Waals surface area (Å²) in [6.07, 6.45) is -0.560. The number of aliphatic hydroxyl groups is 1. The Morgan fingerprint density at radius 3 is 2.54 bits per heavy atom. The number of rotatable bonds is 2. The Bertz CT molecular complexity index is 302. The number of anilines is 1. The number of aliphatic hydroxyl groups excluding tert-OH is 1.